The highest BCUT2D eigenvalue weighted by molar-refractivity contribution is 7.92. The first-order valence-corrected chi connectivity index (χ1v) is 14.8. The fraction of sp³-hybridized carbons (Fsp3) is 0.286. The Labute approximate surface area is 244 Å². The molecule has 0 radical (unpaired) electrons. The van der Waals surface area contributed by atoms with Crippen molar-refractivity contribution >= 4 is 62.3 Å². The zero-order chi connectivity index (χ0) is 28.7. The molecule has 1 atom stereocenters. The van der Waals surface area contributed by atoms with E-state index in [1.165, 1.54) is 35.2 Å². The molecule has 0 fully saturated rings. The van der Waals surface area contributed by atoms with Crippen LogP contribution in [-0.2, 0) is 26.2 Å². The van der Waals surface area contributed by atoms with Gasteiger partial charge < -0.3 is 10.2 Å². The second-order valence-electron chi connectivity index (χ2n) is 9.39. The zero-order valence-corrected chi connectivity index (χ0v) is 24.9. The molecule has 3 rings (SSSR count). The quantitative estimate of drug-likeness (QED) is 0.287. The fourth-order valence-corrected chi connectivity index (χ4v) is 6.01. The second-order valence-corrected chi connectivity index (χ2v) is 12.5. The minimum Gasteiger partial charge on any atom is -0.354 e. The lowest BCUT2D eigenvalue weighted by Crippen LogP contribution is -2.51. The third-order valence-corrected chi connectivity index (χ3v) is 8.43. The van der Waals surface area contributed by atoms with Crippen LogP contribution in [0.5, 0.6) is 0 Å². The molecule has 3 aromatic rings. The number of nitrogens with one attached hydrogen (secondary N) is 1. The molecule has 0 aliphatic carbocycles. The summed E-state index contributed by atoms with van der Waals surface area (Å²) in [6, 6.07) is 18.1. The molecule has 0 aromatic heterocycles. The Morgan fingerprint density at radius 1 is 0.872 bits per heavy atom. The van der Waals surface area contributed by atoms with Gasteiger partial charge in [-0.25, -0.2) is 8.42 Å². The molecule has 39 heavy (non-hydrogen) atoms. The van der Waals surface area contributed by atoms with Gasteiger partial charge in [0.1, 0.15) is 12.6 Å². The number of hydrogen-bond donors (Lipinski definition) is 1. The lowest BCUT2D eigenvalue weighted by Gasteiger charge is -2.32. The van der Waals surface area contributed by atoms with Crippen LogP contribution in [0.3, 0.4) is 0 Å². The predicted molar refractivity (Wildman–Crippen MR) is 157 cm³/mol. The van der Waals surface area contributed by atoms with E-state index in [0.29, 0.717) is 22.2 Å². The van der Waals surface area contributed by atoms with E-state index in [-0.39, 0.29) is 34.0 Å². The van der Waals surface area contributed by atoms with Crippen molar-refractivity contribution in [1.29, 1.82) is 0 Å². The third kappa shape index (κ3) is 8.11. The number of amides is 2. The summed E-state index contributed by atoms with van der Waals surface area (Å²) in [7, 11) is -4.23. The Kier molecular flexibility index (Phi) is 10.7. The van der Waals surface area contributed by atoms with Crippen molar-refractivity contribution in [1.82, 2.24) is 10.2 Å². The van der Waals surface area contributed by atoms with E-state index in [4.69, 9.17) is 34.8 Å². The molecule has 0 saturated carbocycles. The van der Waals surface area contributed by atoms with Crippen molar-refractivity contribution in [3.63, 3.8) is 0 Å². The summed E-state index contributed by atoms with van der Waals surface area (Å²) in [6.45, 7) is 5.37. The lowest BCUT2D eigenvalue weighted by atomic mass is 10.1. The maximum absolute atomic E-state index is 13.9. The Bertz CT molecular complexity index is 1420. The highest BCUT2D eigenvalue weighted by Crippen LogP contribution is 2.33. The van der Waals surface area contributed by atoms with E-state index < -0.39 is 28.5 Å². The zero-order valence-electron chi connectivity index (χ0n) is 21.8. The first-order valence-electron chi connectivity index (χ1n) is 12.2. The van der Waals surface area contributed by atoms with E-state index in [1.807, 2.05) is 13.8 Å². The van der Waals surface area contributed by atoms with Gasteiger partial charge in [-0.15, -0.1) is 0 Å². The molecule has 0 aliphatic heterocycles. The summed E-state index contributed by atoms with van der Waals surface area (Å²) in [5.41, 5.74) is 0.763. The number of hydrogen-bond acceptors (Lipinski definition) is 4. The minimum atomic E-state index is -4.23. The van der Waals surface area contributed by atoms with Crippen molar-refractivity contribution in [2.45, 2.75) is 38.3 Å². The molecule has 0 heterocycles. The number of anilines is 1. The SMILES string of the molecule is CC(C)CNC(=O)C(C)N(Cc1cccc(Cl)c1)C(=O)CN(c1ccc(Cl)cc1Cl)S(=O)(=O)c1ccccc1. The number of sulfonamides is 1. The summed E-state index contributed by atoms with van der Waals surface area (Å²) < 4.78 is 28.5. The van der Waals surface area contributed by atoms with Gasteiger partial charge in [-0.2, -0.15) is 0 Å². The Balaban J connectivity index is 2.03. The number of benzene rings is 3. The average molecular weight is 611 g/mol. The lowest BCUT2D eigenvalue weighted by molar-refractivity contribution is -0.139. The number of carbonyl (C=O) groups excluding carboxylic acids is 2. The molecular formula is C28H30Cl3N3O4S. The average Bonchev–Trinajstić information content (AvgIpc) is 2.89. The van der Waals surface area contributed by atoms with Crippen LogP contribution in [0.4, 0.5) is 5.69 Å². The first kappa shape index (κ1) is 30.8. The number of carbonyl (C=O) groups is 2. The van der Waals surface area contributed by atoms with E-state index in [9.17, 15) is 18.0 Å². The van der Waals surface area contributed by atoms with E-state index in [2.05, 4.69) is 5.32 Å². The molecule has 1 unspecified atom stereocenters. The minimum absolute atomic E-state index is 0.0204. The highest BCUT2D eigenvalue weighted by Gasteiger charge is 2.33. The van der Waals surface area contributed by atoms with Crippen LogP contribution >= 0.6 is 34.8 Å². The van der Waals surface area contributed by atoms with Gasteiger partial charge in [0, 0.05) is 23.1 Å². The van der Waals surface area contributed by atoms with Crippen LogP contribution in [0.15, 0.2) is 77.7 Å². The van der Waals surface area contributed by atoms with Crippen LogP contribution in [-0.4, -0.2) is 44.3 Å². The summed E-state index contributed by atoms with van der Waals surface area (Å²) in [4.78, 5) is 28.2. The Hall–Kier alpha value is -2.78. The molecule has 11 heteroatoms. The normalized spacial score (nSPS) is 12.2. The molecule has 0 bridgehead atoms. The van der Waals surface area contributed by atoms with Gasteiger partial charge in [0.15, 0.2) is 0 Å². The molecule has 3 aromatic carbocycles. The van der Waals surface area contributed by atoms with Crippen LogP contribution in [0.25, 0.3) is 0 Å². The van der Waals surface area contributed by atoms with Gasteiger partial charge in [0.25, 0.3) is 10.0 Å². The fourth-order valence-electron chi connectivity index (χ4n) is 3.78. The van der Waals surface area contributed by atoms with Crippen molar-refractivity contribution in [2.24, 2.45) is 5.92 Å². The summed E-state index contributed by atoms with van der Waals surface area (Å²) in [6.07, 6.45) is 0. The summed E-state index contributed by atoms with van der Waals surface area (Å²) in [5, 5.41) is 3.68. The maximum Gasteiger partial charge on any atom is 0.264 e. The van der Waals surface area contributed by atoms with Crippen LogP contribution in [0.1, 0.15) is 26.3 Å². The first-order chi connectivity index (χ1) is 18.4. The van der Waals surface area contributed by atoms with Gasteiger partial charge >= 0.3 is 0 Å². The smallest absolute Gasteiger partial charge is 0.264 e. The van der Waals surface area contributed by atoms with Gasteiger partial charge in [-0.05, 0) is 60.9 Å². The van der Waals surface area contributed by atoms with Crippen LogP contribution in [0, 0.1) is 5.92 Å². The van der Waals surface area contributed by atoms with Gasteiger partial charge in [0.05, 0.1) is 15.6 Å². The number of rotatable bonds is 11. The summed E-state index contributed by atoms with van der Waals surface area (Å²) in [5.74, 6) is -0.759. The van der Waals surface area contributed by atoms with Crippen molar-refractivity contribution in [3.05, 3.63) is 93.4 Å². The Morgan fingerprint density at radius 3 is 2.15 bits per heavy atom. The highest BCUT2D eigenvalue weighted by atomic mass is 35.5. The molecular weight excluding hydrogens is 581 g/mol. The predicted octanol–water partition coefficient (Wildman–Crippen LogP) is 6.03. The molecule has 0 aliphatic rings. The Morgan fingerprint density at radius 2 is 1.54 bits per heavy atom. The van der Waals surface area contributed by atoms with Gasteiger partial charge in [-0.1, -0.05) is 79.0 Å². The van der Waals surface area contributed by atoms with E-state index >= 15 is 0 Å². The number of halogens is 3. The molecule has 208 valence electrons. The van der Waals surface area contributed by atoms with Crippen LogP contribution < -0.4 is 9.62 Å². The molecule has 0 saturated heterocycles. The number of nitrogens with zero attached hydrogens (tertiary/aromatic N) is 2. The third-order valence-electron chi connectivity index (χ3n) is 5.88. The molecule has 1 N–H and O–H groups in total. The van der Waals surface area contributed by atoms with Crippen molar-refractivity contribution in [2.75, 3.05) is 17.4 Å². The maximum atomic E-state index is 13.9. The van der Waals surface area contributed by atoms with E-state index in [0.717, 1.165) is 4.31 Å². The van der Waals surface area contributed by atoms with Gasteiger partial charge in [-0.3, -0.25) is 13.9 Å². The monoisotopic (exact) mass is 609 g/mol. The van der Waals surface area contributed by atoms with Crippen molar-refractivity contribution < 1.29 is 18.0 Å². The van der Waals surface area contributed by atoms with Gasteiger partial charge in [0.2, 0.25) is 11.8 Å². The van der Waals surface area contributed by atoms with E-state index in [1.54, 1.807) is 49.4 Å². The second kappa shape index (κ2) is 13.5. The molecule has 2 amide bonds. The largest absolute Gasteiger partial charge is 0.354 e. The van der Waals surface area contributed by atoms with Crippen LogP contribution in [0.2, 0.25) is 15.1 Å². The molecule has 7 nitrogen and oxygen atoms in total. The summed E-state index contributed by atoms with van der Waals surface area (Å²) >= 11 is 18.6. The standard InChI is InChI=1S/C28H30Cl3N3O4S/c1-19(2)16-32-28(36)20(3)33(17-21-8-7-9-22(29)14-21)27(35)18-34(26-13-12-23(30)15-25(26)31)39(37,38)24-10-5-4-6-11-24/h4-15,19-20H,16-18H2,1-3H3,(H,32,36). The topological polar surface area (TPSA) is 86.8 Å². The molecule has 0 spiro atoms. The van der Waals surface area contributed by atoms with Crippen molar-refractivity contribution in [3.8, 4) is 0 Å².